The van der Waals surface area contributed by atoms with Gasteiger partial charge >= 0.3 is 0 Å². The largest absolute Gasteiger partial charge is 0.326 e. The minimum atomic E-state index is -0.390. The molecule has 1 aromatic heterocycles. The molecule has 0 aliphatic heterocycles. The second kappa shape index (κ2) is 5.42. The topological polar surface area (TPSA) is 29.1 Å². The summed E-state index contributed by atoms with van der Waals surface area (Å²) in [4.78, 5) is 12.6. The van der Waals surface area contributed by atoms with E-state index in [9.17, 15) is 9.18 Å². The van der Waals surface area contributed by atoms with Crippen LogP contribution in [0.15, 0.2) is 40.2 Å². The molecule has 2 rings (SSSR count). The minimum absolute atomic E-state index is 0.144. The molecule has 0 fully saturated rings. The Morgan fingerprint density at radius 1 is 1.41 bits per heavy atom. The lowest BCUT2D eigenvalue weighted by Crippen LogP contribution is -2.13. The summed E-state index contributed by atoms with van der Waals surface area (Å²) in [6, 6.07) is 8.30. The van der Waals surface area contributed by atoms with Crippen LogP contribution in [0.5, 0.6) is 0 Å². The molecule has 88 valence electrons. The van der Waals surface area contributed by atoms with E-state index >= 15 is 0 Å². The van der Waals surface area contributed by atoms with Gasteiger partial charge in [-0.2, -0.15) is 0 Å². The molecule has 1 heterocycles. The van der Waals surface area contributed by atoms with Gasteiger partial charge in [-0.3, -0.25) is 4.79 Å². The smallest absolute Gasteiger partial charge is 0.229 e. The Bertz CT molecular complexity index is 527. The Hall–Kier alpha value is -1.20. The van der Waals surface area contributed by atoms with Gasteiger partial charge in [-0.1, -0.05) is 6.07 Å². The third kappa shape index (κ3) is 3.38. The molecule has 0 saturated carbocycles. The third-order valence-corrected chi connectivity index (χ3v) is 3.64. The van der Waals surface area contributed by atoms with Gasteiger partial charge in [0.1, 0.15) is 5.82 Å². The molecule has 5 heteroatoms. The summed E-state index contributed by atoms with van der Waals surface area (Å²) in [5, 5.41) is 4.57. The van der Waals surface area contributed by atoms with Gasteiger partial charge in [-0.05, 0) is 45.6 Å². The number of hydrogen-bond donors (Lipinski definition) is 1. The lowest BCUT2D eigenvalue weighted by atomic mass is 10.3. The van der Waals surface area contributed by atoms with Crippen molar-refractivity contribution >= 4 is 38.9 Å². The predicted octanol–water partition coefficient (Wildman–Crippen LogP) is 3.83. The number of thiophene rings is 1. The molecule has 0 saturated heterocycles. The molecule has 1 N–H and O–H groups in total. The van der Waals surface area contributed by atoms with Crippen LogP contribution in [-0.2, 0) is 11.2 Å². The Kier molecular flexibility index (Phi) is 3.91. The Labute approximate surface area is 111 Å². The summed E-state index contributed by atoms with van der Waals surface area (Å²) in [6.45, 7) is 0. The molecule has 1 aromatic carbocycles. The molecule has 0 aliphatic carbocycles. The van der Waals surface area contributed by atoms with Crippen LogP contribution < -0.4 is 5.32 Å². The molecule has 0 atom stereocenters. The number of rotatable bonds is 3. The number of carbonyl (C=O) groups excluding carboxylic acids is 1. The normalized spacial score (nSPS) is 10.2. The zero-order chi connectivity index (χ0) is 12.3. The number of anilines is 1. The van der Waals surface area contributed by atoms with E-state index < -0.39 is 0 Å². The second-order valence-corrected chi connectivity index (χ2v) is 5.32. The van der Waals surface area contributed by atoms with Gasteiger partial charge in [-0.25, -0.2) is 4.39 Å². The zero-order valence-corrected chi connectivity index (χ0v) is 11.1. The summed E-state index contributed by atoms with van der Waals surface area (Å²) in [5.74, 6) is -0.534. The number of carbonyl (C=O) groups is 1. The summed E-state index contributed by atoms with van der Waals surface area (Å²) >= 11 is 4.58. The quantitative estimate of drug-likeness (QED) is 0.916. The second-order valence-electron chi connectivity index (χ2n) is 3.43. The lowest BCUT2D eigenvalue weighted by Gasteiger charge is -2.04. The molecule has 1 amide bonds. The van der Waals surface area contributed by atoms with Gasteiger partial charge in [0.25, 0.3) is 0 Å². The molecule has 0 bridgehead atoms. The van der Waals surface area contributed by atoms with Gasteiger partial charge in [0.2, 0.25) is 5.91 Å². The first-order valence-corrected chi connectivity index (χ1v) is 6.60. The fraction of sp³-hybridized carbons (Fsp3) is 0.0833. The van der Waals surface area contributed by atoms with Crippen LogP contribution in [0, 0.1) is 5.82 Å². The van der Waals surface area contributed by atoms with Gasteiger partial charge in [-0.15, -0.1) is 11.3 Å². The van der Waals surface area contributed by atoms with E-state index in [4.69, 9.17) is 0 Å². The lowest BCUT2D eigenvalue weighted by molar-refractivity contribution is -0.115. The van der Waals surface area contributed by atoms with E-state index in [0.29, 0.717) is 16.6 Å². The highest BCUT2D eigenvalue weighted by molar-refractivity contribution is 9.10. The van der Waals surface area contributed by atoms with Crippen molar-refractivity contribution in [2.75, 3.05) is 5.32 Å². The first-order chi connectivity index (χ1) is 8.15. The maximum atomic E-state index is 13.2. The fourth-order valence-corrected chi connectivity index (χ4v) is 2.30. The molecule has 2 aromatic rings. The van der Waals surface area contributed by atoms with Crippen LogP contribution >= 0.6 is 27.3 Å². The van der Waals surface area contributed by atoms with Gasteiger partial charge in [0.05, 0.1) is 10.9 Å². The molecule has 0 spiro atoms. The monoisotopic (exact) mass is 313 g/mol. The molecule has 0 radical (unpaired) electrons. The predicted molar refractivity (Wildman–Crippen MR) is 70.8 cm³/mol. The van der Waals surface area contributed by atoms with Crippen molar-refractivity contribution in [3.63, 3.8) is 0 Å². The van der Waals surface area contributed by atoms with E-state index in [1.54, 1.807) is 12.1 Å². The van der Waals surface area contributed by atoms with Crippen LogP contribution in [-0.4, -0.2) is 5.91 Å². The number of amides is 1. The standard InChI is InChI=1S/C12H9BrFNOS/c13-10-4-3-8(6-11(10)14)15-12(16)7-9-2-1-5-17-9/h1-6H,7H2,(H,15,16). The van der Waals surface area contributed by atoms with Crippen LogP contribution in [0.3, 0.4) is 0 Å². The molecule has 17 heavy (non-hydrogen) atoms. The third-order valence-electron chi connectivity index (χ3n) is 2.12. The summed E-state index contributed by atoms with van der Waals surface area (Å²) < 4.78 is 13.6. The van der Waals surface area contributed by atoms with E-state index in [1.807, 2.05) is 17.5 Å². The number of benzene rings is 1. The average Bonchev–Trinajstić information content (AvgIpc) is 2.76. The molecule has 2 nitrogen and oxygen atoms in total. The molecular weight excluding hydrogens is 305 g/mol. The fourth-order valence-electron chi connectivity index (χ4n) is 1.35. The maximum absolute atomic E-state index is 13.2. The van der Waals surface area contributed by atoms with Crippen LogP contribution in [0.4, 0.5) is 10.1 Å². The molecule has 0 aliphatic rings. The van der Waals surface area contributed by atoms with E-state index in [1.165, 1.54) is 17.4 Å². The van der Waals surface area contributed by atoms with Gasteiger partial charge in [0, 0.05) is 10.6 Å². The van der Waals surface area contributed by atoms with E-state index in [2.05, 4.69) is 21.2 Å². The zero-order valence-electron chi connectivity index (χ0n) is 8.74. The van der Waals surface area contributed by atoms with Crippen LogP contribution in [0.1, 0.15) is 4.88 Å². The SMILES string of the molecule is O=C(Cc1cccs1)Nc1ccc(Br)c(F)c1. The van der Waals surface area contributed by atoms with Gasteiger partial charge in [0.15, 0.2) is 0 Å². The highest BCUT2D eigenvalue weighted by Gasteiger charge is 2.06. The average molecular weight is 314 g/mol. The van der Waals surface area contributed by atoms with Crippen molar-refractivity contribution in [1.29, 1.82) is 0 Å². The maximum Gasteiger partial charge on any atom is 0.229 e. The number of halogens is 2. The van der Waals surface area contributed by atoms with Crippen molar-refractivity contribution < 1.29 is 9.18 Å². The van der Waals surface area contributed by atoms with Crippen molar-refractivity contribution in [2.45, 2.75) is 6.42 Å². The number of nitrogens with one attached hydrogen (secondary N) is 1. The van der Waals surface area contributed by atoms with Crippen LogP contribution in [0.25, 0.3) is 0 Å². The highest BCUT2D eigenvalue weighted by atomic mass is 79.9. The Morgan fingerprint density at radius 3 is 2.88 bits per heavy atom. The van der Waals surface area contributed by atoms with Crippen molar-refractivity contribution in [1.82, 2.24) is 0 Å². The van der Waals surface area contributed by atoms with E-state index in [-0.39, 0.29) is 11.7 Å². The first-order valence-electron chi connectivity index (χ1n) is 4.92. The van der Waals surface area contributed by atoms with Crippen molar-refractivity contribution in [2.24, 2.45) is 0 Å². The number of hydrogen-bond acceptors (Lipinski definition) is 2. The van der Waals surface area contributed by atoms with E-state index in [0.717, 1.165) is 4.88 Å². The minimum Gasteiger partial charge on any atom is -0.326 e. The van der Waals surface area contributed by atoms with Crippen molar-refractivity contribution in [3.8, 4) is 0 Å². The highest BCUT2D eigenvalue weighted by Crippen LogP contribution is 2.19. The summed E-state index contributed by atoms with van der Waals surface area (Å²) in [6.07, 6.45) is 0.315. The Balaban J connectivity index is 2.00. The summed E-state index contributed by atoms with van der Waals surface area (Å²) in [7, 11) is 0. The first kappa shape index (κ1) is 12.3. The van der Waals surface area contributed by atoms with Gasteiger partial charge < -0.3 is 5.32 Å². The molecule has 0 unspecified atom stereocenters. The summed E-state index contributed by atoms with van der Waals surface area (Å²) in [5.41, 5.74) is 0.465. The molecular formula is C12H9BrFNOS. The Morgan fingerprint density at radius 2 is 2.24 bits per heavy atom. The van der Waals surface area contributed by atoms with Crippen LogP contribution in [0.2, 0.25) is 0 Å². The van der Waals surface area contributed by atoms with Crippen molar-refractivity contribution in [3.05, 3.63) is 50.9 Å².